The number of aromatic amines is 1. The first-order chi connectivity index (χ1) is 13.7. The minimum absolute atomic E-state index is 0.437. The standard InChI is InChI=1S/C21H17N5O2/c1-26-13-16(11-24-26)14-27-19-4-2-3-17(9-19)21-20(12-23-25-21)28-18-7-5-15(10-22)6-8-18/h2-9,11-13H,14H2,1H3,(H,23,25). The monoisotopic (exact) mass is 371 g/mol. The molecule has 0 aliphatic carbocycles. The van der Waals surface area contributed by atoms with E-state index in [2.05, 4.69) is 21.4 Å². The van der Waals surface area contributed by atoms with Crippen molar-refractivity contribution in [1.82, 2.24) is 20.0 Å². The molecule has 4 rings (SSSR count). The van der Waals surface area contributed by atoms with E-state index in [0.29, 0.717) is 29.4 Å². The maximum Gasteiger partial charge on any atom is 0.173 e. The fourth-order valence-electron chi connectivity index (χ4n) is 2.73. The Bertz CT molecular complexity index is 1120. The van der Waals surface area contributed by atoms with Crippen LogP contribution in [0.15, 0.2) is 67.1 Å². The summed E-state index contributed by atoms with van der Waals surface area (Å²) in [4.78, 5) is 0. The number of nitrogens with zero attached hydrogens (tertiary/aromatic N) is 4. The van der Waals surface area contributed by atoms with E-state index in [0.717, 1.165) is 16.9 Å². The van der Waals surface area contributed by atoms with Crippen molar-refractivity contribution in [3.63, 3.8) is 0 Å². The van der Waals surface area contributed by atoms with Gasteiger partial charge in [0.2, 0.25) is 0 Å². The summed E-state index contributed by atoms with van der Waals surface area (Å²) in [6.45, 7) is 0.437. The number of aryl methyl sites for hydroxylation is 1. The molecule has 0 aliphatic heterocycles. The molecule has 0 amide bonds. The summed E-state index contributed by atoms with van der Waals surface area (Å²) in [5.41, 5.74) is 3.13. The fraction of sp³-hybridized carbons (Fsp3) is 0.0952. The Kier molecular flexibility index (Phi) is 4.76. The van der Waals surface area contributed by atoms with Gasteiger partial charge in [0.1, 0.15) is 23.8 Å². The summed E-state index contributed by atoms with van der Waals surface area (Å²) >= 11 is 0. The topological polar surface area (TPSA) is 88.8 Å². The third kappa shape index (κ3) is 3.86. The summed E-state index contributed by atoms with van der Waals surface area (Å²) in [7, 11) is 1.87. The largest absolute Gasteiger partial charge is 0.489 e. The van der Waals surface area contributed by atoms with Crippen LogP contribution >= 0.6 is 0 Å². The average Bonchev–Trinajstić information content (AvgIpc) is 3.36. The Morgan fingerprint density at radius 2 is 2.00 bits per heavy atom. The number of hydrogen-bond donors (Lipinski definition) is 1. The van der Waals surface area contributed by atoms with Gasteiger partial charge in [-0.25, -0.2) is 0 Å². The van der Waals surface area contributed by atoms with Gasteiger partial charge in [-0.1, -0.05) is 12.1 Å². The van der Waals surface area contributed by atoms with E-state index >= 15 is 0 Å². The molecule has 0 saturated carbocycles. The molecule has 28 heavy (non-hydrogen) atoms. The first kappa shape index (κ1) is 17.4. The van der Waals surface area contributed by atoms with Gasteiger partial charge >= 0.3 is 0 Å². The number of nitriles is 1. The second-order valence-corrected chi connectivity index (χ2v) is 6.18. The van der Waals surface area contributed by atoms with Crippen molar-refractivity contribution < 1.29 is 9.47 Å². The van der Waals surface area contributed by atoms with Crippen molar-refractivity contribution in [2.75, 3.05) is 0 Å². The lowest BCUT2D eigenvalue weighted by molar-refractivity contribution is 0.306. The summed E-state index contributed by atoms with van der Waals surface area (Å²) in [5, 5.41) is 20.2. The fourth-order valence-corrected chi connectivity index (χ4v) is 2.73. The van der Waals surface area contributed by atoms with E-state index in [1.807, 2.05) is 37.5 Å². The van der Waals surface area contributed by atoms with Crippen molar-refractivity contribution in [2.24, 2.45) is 7.05 Å². The number of nitrogens with one attached hydrogen (secondary N) is 1. The molecule has 7 heteroatoms. The number of H-pyrrole nitrogens is 1. The highest BCUT2D eigenvalue weighted by molar-refractivity contribution is 5.67. The molecule has 2 heterocycles. The van der Waals surface area contributed by atoms with Gasteiger partial charge in [0, 0.05) is 24.4 Å². The quantitative estimate of drug-likeness (QED) is 0.552. The van der Waals surface area contributed by atoms with E-state index in [-0.39, 0.29) is 0 Å². The second kappa shape index (κ2) is 7.68. The summed E-state index contributed by atoms with van der Waals surface area (Å²) in [5.74, 6) is 1.95. The third-order valence-corrected chi connectivity index (χ3v) is 4.09. The maximum absolute atomic E-state index is 8.90. The van der Waals surface area contributed by atoms with Gasteiger partial charge in [0.15, 0.2) is 5.75 Å². The number of aromatic nitrogens is 4. The van der Waals surface area contributed by atoms with E-state index in [4.69, 9.17) is 14.7 Å². The summed E-state index contributed by atoms with van der Waals surface area (Å²) in [6, 6.07) is 16.7. The molecule has 138 valence electrons. The Morgan fingerprint density at radius 1 is 1.14 bits per heavy atom. The number of ether oxygens (including phenoxy) is 2. The van der Waals surface area contributed by atoms with Crippen molar-refractivity contribution in [3.8, 4) is 34.6 Å². The minimum atomic E-state index is 0.437. The normalized spacial score (nSPS) is 10.4. The smallest absolute Gasteiger partial charge is 0.173 e. The molecule has 7 nitrogen and oxygen atoms in total. The van der Waals surface area contributed by atoms with Crippen LogP contribution < -0.4 is 9.47 Å². The minimum Gasteiger partial charge on any atom is -0.489 e. The Balaban J connectivity index is 1.51. The zero-order valence-corrected chi connectivity index (χ0v) is 15.2. The van der Waals surface area contributed by atoms with Crippen LogP contribution in [0.3, 0.4) is 0 Å². The van der Waals surface area contributed by atoms with Crippen LogP contribution in [0.25, 0.3) is 11.3 Å². The van der Waals surface area contributed by atoms with Crippen LogP contribution in [-0.2, 0) is 13.7 Å². The molecule has 0 aliphatic rings. The van der Waals surface area contributed by atoms with Gasteiger partial charge in [0.25, 0.3) is 0 Å². The molecule has 0 radical (unpaired) electrons. The van der Waals surface area contributed by atoms with Crippen molar-refractivity contribution in [3.05, 3.63) is 78.2 Å². The van der Waals surface area contributed by atoms with Crippen molar-refractivity contribution in [1.29, 1.82) is 5.26 Å². The molecular formula is C21H17N5O2. The van der Waals surface area contributed by atoms with Crippen LogP contribution in [0.4, 0.5) is 0 Å². The molecule has 0 unspecified atom stereocenters. The number of rotatable bonds is 6. The van der Waals surface area contributed by atoms with Gasteiger partial charge in [0.05, 0.1) is 24.0 Å². The maximum atomic E-state index is 8.90. The van der Waals surface area contributed by atoms with Crippen molar-refractivity contribution >= 4 is 0 Å². The van der Waals surface area contributed by atoms with Crippen LogP contribution in [0.1, 0.15) is 11.1 Å². The SMILES string of the molecule is Cn1cc(COc2cccc(-c3n[nH]cc3Oc3ccc(C#N)cc3)c2)cn1. The summed E-state index contributed by atoms with van der Waals surface area (Å²) in [6.07, 6.45) is 5.39. The highest BCUT2D eigenvalue weighted by atomic mass is 16.5. The van der Waals surface area contributed by atoms with Gasteiger partial charge < -0.3 is 9.47 Å². The molecule has 2 aromatic heterocycles. The molecule has 0 saturated heterocycles. The molecular weight excluding hydrogens is 354 g/mol. The first-order valence-electron chi connectivity index (χ1n) is 8.64. The lowest BCUT2D eigenvalue weighted by Gasteiger charge is -2.08. The van der Waals surface area contributed by atoms with Crippen LogP contribution in [0, 0.1) is 11.3 Å². The lowest BCUT2D eigenvalue weighted by Crippen LogP contribution is -1.94. The van der Waals surface area contributed by atoms with Gasteiger partial charge in [-0.3, -0.25) is 9.78 Å². The molecule has 2 aromatic carbocycles. The zero-order valence-electron chi connectivity index (χ0n) is 15.2. The molecule has 0 fully saturated rings. The van der Waals surface area contributed by atoms with Crippen LogP contribution in [0.2, 0.25) is 0 Å². The molecule has 1 N–H and O–H groups in total. The Hall–Kier alpha value is -4.05. The van der Waals surface area contributed by atoms with E-state index in [1.165, 1.54) is 0 Å². The van der Waals surface area contributed by atoms with E-state index < -0.39 is 0 Å². The van der Waals surface area contributed by atoms with E-state index in [9.17, 15) is 0 Å². The van der Waals surface area contributed by atoms with Gasteiger partial charge in [-0.15, -0.1) is 0 Å². The highest BCUT2D eigenvalue weighted by Gasteiger charge is 2.12. The third-order valence-electron chi connectivity index (χ3n) is 4.09. The highest BCUT2D eigenvalue weighted by Crippen LogP contribution is 2.33. The van der Waals surface area contributed by atoms with Crippen LogP contribution in [-0.4, -0.2) is 20.0 Å². The lowest BCUT2D eigenvalue weighted by atomic mass is 10.1. The molecule has 0 atom stereocenters. The van der Waals surface area contributed by atoms with Gasteiger partial charge in [-0.05, 0) is 36.4 Å². The number of hydrogen-bond acceptors (Lipinski definition) is 5. The molecule has 0 bridgehead atoms. The predicted molar refractivity (Wildman–Crippen MR) is 103 cm³/mol. The van der Waals surface area contributed by atoms with Gasteiger partial charge in [-0.2, -0.15) is 15.5 Å². The Morgan fingerprint density at radius 3 is 2.75 bits per heavy atom. The summed E-state index contributed by atoms with van der Waals surface area (Å²) < 4.78 is 13.5. The van der Waals surface area contributed by atoms with E-state index in [1.54, 1.807) is 41.3 Å². The molecule has 0 spiro atoms. The molecule has 4 aromatic rings. The predicted octanol–water partition coefficient (Wildman–Crippen LogP) is 4.05. The van der Waals surface area contributed by atoms with Crippen molar-refractivity contribution in [2.45, 2.75) is 6.61 Å². The Labute approximate surface area is 161 Å². The average molecular weight is 371 g/mol. The first-order valence-corrected chi connectivity index (χ1v) is 8.64. The second-order valence-electron chi connectivity index (χ2n) is 6.18. The zero-order chi connectivity index (χ0) is 19.3. The van der Waals surface area contributed by atoms with Crippen LogP contribution in [0.5, 0.6) is 17.2 Å². The number of benzene rings is 2.